The van der Waals surface area contributed by atoms with Crippen molar-refractivity contribution in [3.05, 3.63) is 21.9 Å². The number of pyridine rings is 1. The lowest BCUT2D eigenvalue weighted by Crippen LogP contribution is -2.19. The number of ether oxygens (including phenoxy) is 1. The predicted octanol–water partition coefficient (Wildman–Crippen LogP) is 3.55. The van der Waals surface area contributed by atoms with Crippen LogP contribution >= 0.6 is 15.9 Å². The molecular formula is C8H2BrF5N2O. The fourth-order valence-electron chi connectivity index (χ4n) is 0.957. The van der Waals surface area contributed by atoms with Crippen LogP contribution in [0.5, 0.6) is 5.75 Å². The Morgan fingerprint density at radius 2 is 2.00 bits per heavy atom. The van der Waals surface area contributed by atoms with Crippen molar-refractivity contribution in [3.63, 3.8) is 0 Å². The Labute approximate surface area is 99.9 Å². The SMILES string of the molecule is N#Cc1cc(C(F)F)c(OC(F)(F)F)c(Br)n1. The van der Waals surface area contributed by atoms with Gasteiger partial charge in [-0.1, -0.05) is 0 Å². The van der Waals surface area contributed by atoms with Crippen molar-refractivity contribution in [2.75, 3.05) is 0 Å². The van der Waals surface area contributed by atoms with Gasteiger partial charge in [0, 0.05) is 0 Å². The topological polar surface area (TPSA) is 45.9 Å². The second-order valence-corrected chi connectivity index (χ2v) is 3.43. The summed E-state index contributed by atoms with van der Waals surface area (Å²) in [5, 5.41) is 8.45. The average Bonchev–Trinajstić information content (AvgIpc) is 2.18. The molecule has 0 radical (unpaired) electrons. The van der Waals surface area contributed by atoms with E-state index in [4.69, 9.17) is 5.26 Å². The molecule has 9 heteroatoms. The molecule has 0 N–H and O–H groups in total. The molecule has 3 nitrogen and oxygen atoms in total. The molecule has 17 heavy (non-hydrogen) atoms. The molecule has 0 saturated heterocycles. The molecule has 1 aromatic heterocycles. The van der Waals surface area contributed by atoms with Gasteiger partial charge >= 0.3 is 6.36 Å². The molecule has 0 saturated carbocycles. The van der Waals surface area contributed by atoms with Gasteiger partial charge in [0.25, 0.3) is 6.43 Å². The molecule has 0 unspecified atom stereocenters. The molecule has 1 aromatic rings. The van der Waals surface area contributed by atoms with Gasteiger partial charge in [-0.15, -0.1) is 13.2 Å². The van der Waals surface area contributed by atoms with Gasteiger partial charge in [0.05, 0.1) is 5.56 Å². The van der Waals surface area contributed by atoms with Gasteiger partial charge in [-0.2, -0.15) is 5.26 Å². The van der Waals surface area contributed by atoms with Crippen LogP contribution in [-0.4, -0.2) is 11.3 Å². The van der Waals surface area contributed by atoms with Crippen molar-refractivity contribution >= 4 is 15.9 Å². The zero-order valence-electron chi connectivity index (χ0n) is 7.73. The highest BCUT2D eigenvalue weighted by molar-refractivity contribution is 9.10. The van der Waals surface area contributed by atoms with E-state index in [1.807, 2.05) is 0 Å². The van der Waals surface area contributed by atoms with Crippen LogP contribution < -0.4 is 4.74 Å². The molecule has 0 amide bonds. The Morgan fingerprint density at radius 3 is 2.41 bits per heavy atom. The van der Waals surface area contributed by atoms with Crippen LogP contribution in [0.4, 0.5) is 22.0 Å². The first kappa shape index (κ1) is 13.6. The largest absolute Gasteiger partial charge is 0.573 e. The average molecular weight is 317 g/mol. The van der Waals surface area contributed by atoms with Gasteiger partial charge in [0.2, 0.25) is 0 Å². The number of nitrogens with zero attached hydrogens (tertiary/aromatic N) is 2. The summed E-state index contributed by atoms with van der Waals surface area (Å²) in [6.07, 6.45) is -8.35. The molecule has 0 atom stereocenters. The van der Waals surface area contributed by atoms with E-state index in [0.717, 1.165) is 0 Å². The maximum absolute atomic E-state index is 12.5. The summed E-state index contributed by atoms with van der Waals surface area (Å²) in [6, 6.07) is 1.98. The van der Waals surface area contributed by atoms with Crippen molar-refractivity contribution in [2.45, 2.75) is 12.8 Å². The highest BCUT2D eigenvalue weighted by Crippen LogP contribution is 2.37. The van der Waals surface area contributed by atoms with Crippen molar-refractivity contribution in [2.24, 2.45) is 0 Å². The summed E-state index contributed by atoms with van der Waals surface area (Å²) in [6.45, 7) is 0. The third-order valence-electron chi connectivity index (χ3n) is 1.53. The Kier molecular flexibility index (Phi) is 3.87. The van der Waals surface area contributed by atoms with Gasteiger partial charge < -0.3 is 4.74 Å². The summed E-state index contributed by atoms with van der Waals surface area (Å²) in [4.78, 5) is 3.32. The fourth-order valence-corrected chi connectivity index (χ4v) is 1.46. The molecular weight excluding hydrogens is 315 g/mol. The van der Waals surface area contributed by atoms with Crippen LogP contribution in [0.25, 0.3) is 0 Å². The first-order chi connectivity index (χ1) is 7.74. The van der Waals surface area contributed by atoms with Crippen LogP contribution in [0.1, 0.15) is 17.7 Å². The van der Waals surface area contributed by atoms with Crippen molar-refractivity contribution in [3.8, 4) is 11.8 Å². The van der Waals surface area contributed by atoms with E-state index >= 15 is 0 Å². The van der Waals surface area contributed by atoms with E-state index in [-0.39, 0.29) is 0 Å². The molecule has 0 aromatic carbocycles. The molecule has 0 aliphatic carbocycles. The predicted molar refractivity (Wildman–Crippen MR) is 48.3 cm³/mol. The fraction of sp³-hybridized carbons (Fsp3) is 0.250. The lowest BCUT2D eigenvalue weighted by Gasteiger charge is -2.14. The Hall–Kier alpha value is -1.43. The van der Waals surface area contributed by atoms with Crippen LogP contribution in [0.2, 0.25) is 0 Å². The minimum atomic E-state index is -5.12. The number of alkyl halides is 5. The molecule has 0 fully saturated rings. The van der Waals surface area contributed by atoms with Crippen molar-refractivity contribution in [1.29, 1.82) is 5.26 Å². The van der Waals surface area contributed by atoms with Gasteiger partial charge in [0.1, 0.15) is 16.4 Å². The summed E-state index contributed by atoms with van der Waals surface area (Å²) in [7, 11) is 0. The first-order valence-corrected chi connectivity index (χ1v) is 4.68. The second kappa shape index (κ2) is 4.83. The number of hydrogen-bond donors (Lipinski definition) is 0. The van der Waals surface area contributed by atoms with Gasteiger partial charge in [-0.05, 0) is 22.0 Å². The van der Waals surface area contributed by atoms with E-state index < -0.39 is 34.4 Å². The minimum absolute atomic E-state index is 0.443. The maximum atomic E-state index is 12.5. The van der Waals surface area contributed by atoms with Crippen molar-refractivity contribution < 1.29 is 26.7 Å². The molecule has 92 valence electrons. The number of aromatic nitrogens is 1. The van der Waals surface area contributed by atoms with Crippen LogP contribution in [0.15, 0.2) is 10.7 Å². The second-order valence-electron chi connectivity index (χ2n) is 2.68. The zero-order chi connectivity index (χ0) is 13.2. The molecule has 0 aliphatic rings. The summed E-state index contributed by atoms with van der Waals surface area (Å²) in [5.41, 5.74) is -1.50. The maximum Gasteiger partial charge on any atom is 0.573 e. The van der Waals surface area contributed by atoms with E-state index in [1.54, 1.807) is 0 Å². The molecule has 0 spiro atoms. The Morgan fingerprint density at radius 1 is 1.41 bits per heavy atom. The summed E-state index contributed by atoms with van der Waals surface area (Å²) >= 11 is 2.54. The first-order valence-electron chi connectivity index (χ1n) is 3.89. The number of hydrogen-bond acceptors (Lipinski definition) is 3. The highest BCUT2D eigenvalue weighted by atomic mass is 79.9. The number of halogens is 6. The molecule has 1 rings (SSSR count). The molecule has 0 bridgehead atoms. The summed E-state index contributed by atoms with van der Waals surface area (Å²) < 4.78 is 63.7. The minimum Gasteiger partial charge on any atom is -0.402 e. The lowest BCUT2D eigenvalue weighted by molar-refractivity contribution is -0.275. The monoisotopic (exact) mass is 316 g/mol. The van der Waals surface area contributed by atoms with E-state index in [2.05, 4.69) is 25.7 Å². The third kappa shape index (κ3) is 3.52. The van der Waals surface area contributed by atoms with Crippen LogP contribution in [0.3, 0.4) is 0 Å². The van der Waals surface area contributed by atoms with Crippen LogP contribution in [0, 0.1) is 11.3 Å². The van der Waals surface area contributed by atoms with Crippen molar-refractivity contribution in [1.82, 2.24) is 4.98 Å². The quantitative estimate of drug-likeness (QED) is 0.619. The summed E-state index contributed by atoms with van der Waals surface area (Å²) in [5.74, 6) is -1.15. The smallest absolute Gasteiger partial charge is 0.402 e. The van der Waals surface area contributed by atoms with E-state index in [0.29, 0.717) is 6.07 Å². The zero-order valence-corrected chi connectivity index (χ0v) is 9.31. The number of nitriles is 1. The molecule has 1 heterocycles. The Bertz CT molecular complexity index is 468. The Balaban J connectivity index is 3.33. The lowest BCUT2D eigenvalue weighted by atomic mass is 10.2. The normalized spacial score (nSPS) is 11.4. The molecule has 0 aliphatic heterocycles. The number of rotatable bonds is 2. The van der Waals surface area contributed by atoms with Crippen LogP contribution in [-0.2, 0) is 0 Å². The van der Waals surface area contributed by atoms with Gasteiger partial charge in [0.15, 0.2) is 5.75 Å². The van der Waals surface area contributed by atoms with Gasteiger partial charge in [-0.3, -0.25) is 0 Å². The van der Waals surface area contributed by atoms with E-state index in [1.165, 1.54) is 6.07 Å². The van der Waals surface area contributed by atoms with E-state index in [9.17, 15) is 22.0 Å². The van der Waals surface area contributed by atoms with Gasteiger partial charge in [-0.25, -0.2) is 13.8 Å². The third-order valence-corrected chi connectivity index (χ3v) is 2.07. The highest BCUT2D eigenvalue weighted by Gasteiger charge is 2.35. The standard InChI is InChI=1S/C8H2BrF5N2O/c9-6-5(17-8(12,13)14)4(7(10)11)1-3(2-15)16-6/h1,7H.